The second kappa shape index (κ2) is 9.33. The van der Waals surface area contributed by atoms with Crippen molar-refractivity contribution in [1.82, 2.24) is 20.4 Å². The molecular formula is C15H29ClN4O2. The van der Waals surface area contributed by atoms with Gasteiger partial charge in [0.1, 0.15) is 0 Å². The molecule has 2 heterocycles. The minimum atomic E-state index is -0.0138. The Morgan fingerprint density at radius 2 is 2.05 bits per heavy atom. The molecule has 2 atom stereocenters. The number of likely N-dealkylation sites (tertiary alicyclic amines) is 1. The minimum Gasteiger partial charge on any atom is -0.354 e. The monoisotopic (exact) mass is 332 g/mol. The fourth-order valence-corrected chi connectivity index (χ4v) is 3.11. The number of amides is 2. The first kappa shape index (κ1) is 19.2. The molecule has 0 saturated carbocycles. The molecule has 2 N–H and O–H groups in total. The van der Waals surface area contributed by atoms with Gasteiger partial charge in [-0.05, 0) is 52.2 Å². The van der Waals surface area contributed by atoms with Crippen LogP contribution >= 0.6 is 12.4 Å². The Balaban J connectivity index is 0.00000242. The van der Waals surface area contributed by atoms with Crippen molar-refractivity contribution < 1.29 is 9.59 Å². The third kappa shape index (κ3) is 5.74. The van der Waals surface area contributed by atoms with Crippen molar-refractivity contribution >= 4 is 24.2 Å². The van der Waals surface area contributed by atoms with Gasteiger partial charge in [0.15, 0.2) is 0 Å². The Kier molecular flexibility index (Phi) is 8.14. The van der Waals surface area contributed by atoms with Gasteiger partial charge in [0.2, 0.25) is 11.8 Å². The van der Waals surface area contributed by atoms with E-state index in [1.807, 2.05) is 23.9 Å². The summed E-state index contributed by atoms with van der Waals surface area (Å²) >= 11 is 0. The van der Waals surface area contributed by atoms with E-state index in [9.17, 15) is 9.59 Å². The Morgan fingerprint density at radius 3 is 2.68 bits per heavy atom. The smallest absolute Gasteiger partial charge is 0.237 e. The van der Waals surface area contributed by atoms with Gasteiger partial charge in [0, 0.05) is 19.6 Å². The lowest BCUT2D eigenvalue weighted by atomic mass is 9.97. The van der Waals surface area contributed by atoms with Gasteiger partial charge in [0.25, 0.3) is 0 Å². The number of piperidine rings is 1. The molecule has 7 heteroatoms. The second-order valence-electron chi connectivity index (χ2n) is 6.48. The van der Waals surface area contributed by atoms with E-state index in [0.29, 0.717) is 19.0 Å². The lowest BCUT2D eigenvalue weighted by Gasteiger charge is -2.33. The normalized spacial score (nSPS) is 25.0. The summed E-state index contributed by atoms with van der Waals surface area (Å²) < 4.78 is 0. The zero-order valence-electron chi connectivity index (χ0n) is 13.6. The van der Waals surface area contributed by atoms with Gasteiger partial charge in [-0.25, -0.2) is 0 Å². The number of nitrogens with one attached hydrogen (secondary N) is 2. The summed E-state index contributed by atoms with van der Waals surface area (Å²) in [6.45, 7) is 3.70. The number of nitrogens with zero attached hydrogens (tertiary/aromatic N) is 2. The Bertz CT molecular complexity index is 373. The van der Waals surface area contributed by atoms with Gasteiger partial charge in [-0.2, -0.15) is 0 Å². The van der Waals surface area contributed by atoms with Gasteiger partial charge >= 0.3 is 0 Å². The molecule has 0 spiro atoms. The summed E-state index contributed by atoms with van der Waals surface area (Å²) in [6, 6.07) is -0.0138. The van der Waals surface area contributed by atoms with Crippen molar-refractivity contribution in [2.45, 2.75) is 31.7 Å². The minimum absolute atomic E-state index is 0. The van der Waals surface area contributed by atoms with E-state index in [2.05, 4.69) is 10.6 Å². The van der Waals surface area contributed by atoms with Crippen LogP contribution in [0.1, 0.15) is 25.7 Å². The molecular weight excluding hydrogens is 304 g/mol. The van der Waals surface area contributed by atoms with Crippen LogP contribution in [0.4, 0.5) is 0 Å². The van der Waals surface area contributed by atoms with Gasteiger partial charge in [-0.3, -0.25) is 9.59 Å². The van der Waals surface area contributed by atoms with Crippen molar-refractivity contribution in [2.24, 2.45) is 5.92 Å². The molecule has 6 nitrogen and oxygen atoms in total. The Hall–Kier alpha value is -0.850. The molecule has 22 heavy (non-hydrogen) atoms. The van der Waals surface area contributed by atoms with Crippen molar-refractivity contribution in [3.63, 3.8) is 0 Å². The molecule has 2 saturated heterocycles. The summed E-state index contributed by atoms with van der Waals surface area (Å²) in [4.78, 5) is 27.9. The highest BCUT2D eigenvalue weighted by atomic mass is 35.5. The number of hydrogen-bond donors (Lipinski definition) is 2. The number of halogens is 1. The second-order valence-corrected chi connectivity index (χ2v) is 6.48. The van der Waals surface area contributed by atoms with Crippen molar-refractivity contribution in [3.8, 4) is 0 Å². The molecule has 2 fully saturated rings. The number of rotatable bonds is 5. The predicted molar refractivity (Wildman–Crippen MR) is 89.1 cm³/mol. The van der Waals surface area contributed by atoms with Gasteiger partial charge < -0.3 is 20.4 Å². The molecule has 0 aromatic rings. The third-order valence-electron chi connectivity index (χ3n) is 4.26. The number of hydrogen-bond acceptors (Lipinski definition) is 4. The lowest BCUT2D eigenvalue weighted by Crippen LogP contribution is -2.48. The molecule has 0 aliphatic carbocycles. The van der Waals surface area contributed by atoms with Crippen LogP contribution < -0.4 is 10.6 Å². The fourth-order valence-electron chi connectivity index (χ4n) is 3.11. The lowest BCUT2D eigenvalue weighted by molar-refractivity contribution is -0.133. The first-order valence-electron chi connectivity index (χ1n) is 8.00. The molecule has 0 aromatic carbocycles. The summed E-state index contributed by atoms with van der Waals surface area (Å²) in [5.74, 6) is 0.688. The third-order valence-corrected chi connectivity index (χ3v) is 4.26. The zero-order chi connectivity index (χ0) is 15.2. The molecule has 128 valence electrons. The maximum absolute atomic E-state index is 12.1. The first-order chi connectivity index (χ1) is 10.1. The molecule has 0 bridgehead atoms. The van der Waals surface area contributed by atoms with Crippen LogP contribution in [0.3, 0.4) is 0 Å². The molecule has 2 aliphatic heterocycles. The SMILES string of the molecule is CN(C)CC(=O)N1CCCC(CNC(=O)C2CCCN2)C1.Cl. The molecule has 2 rings (SSSR count). The van der Waals surface area contributed by atoms with Crippen molar-refractivity contribution in [1.29, 1.82) is 0 Å². The van der Waals surface area contributed by atoms with E-state index < -0.39 is 0 Å². The van der Waals surface area contributed by atoms with Crippen LogP contribution in [0.15, 0.2) is 0 Å². The van der Waals surface area contributed by atoms with E-state index in [-0.39, 0.29) is 30.3 Å². The molecule has 0 radical (unpaired) electrons. The zero-order valence-corrected chi connectivity index (χ0v) is 14.5. The molecule has 2 amide bonds. The number of likely N-dealkylation sites (N-methyl/N-ethyl adjacent to an activating group) is 1. The molecule has 0 aromatic heterocycles. The summed E-state index contributed by atoms with van der Waals surface area (Å²) in [5, 5.41) is 6.26. The average molecular weight is 333 g/mol. The van der Waals surface area contributed by atoms with E-state index in [1.165, 1.54) is 0 Å². The quantitative estimate of drug-likeness (QED) is 0.748. The highest BCUT2D eigenvalue weighted by molar-refractivity contribution is 5.85. The van der Waals surface area contributed by atoms with Crippen molar-refractivity contribution in [3.05, 3.63) is 0 Å². The standard InChI is InChI=1S/C15H28N4O2.ClH/c1-18(2)11-14(20)19-8-4-5-12(10-19)9-17-15(21)13-6-3-7-16-13;/h12-13,16H,3-11H2,1-2H3,(H,17,21);1H. The van der Waals surface area contributed by atoms with Crippen LogP contribution in [0, 0.1) is 5.92 Å². The largest absolute Gasteiger partial charge is 0.354 e. The van der Waals surface area contributed by atoms with Crippen molar-refractivity contribution in [2.75, 3.05) is 46.8 Å². The molecule has 2 aliphatic rings. The van der Waals surface area contributed by atoms with Crippen LogP contribution in [0.5, 0.6) is 0 Å². The maximum atomic E-state index is 12.1. The van der Waals surface area contributed by atoms with Gasteiger partial charge in [0.05, 0.1) is 12.6 Å². The van der Waals surface area contributed by atoms with E-state index in [0.717, 1.165) is 45.3 Å². The highest BCUT2D eigenvalue weighted by Gasteiger charge is 2.26. The number of carbonyl (C=O) groups is 2. The van der Waals surface area contributed by atoms with Crippen LogP contribution in [-0.4, -0.2) is 74.5 Å². The average Bonchev–Trinajstić information content (AvgIpc) is 2.98. The van der Waals surface area contributed by atoms with Crippen LogP contribution in [0.2, 0.25) is 0 Å². The summed E-state index contributed by atoms with van der Waals surface area (Å²) in [7, 11) is 3.82. The first-order valence-corrected chi connectivity index (χ1v) is 8.00. The van der Waals surface area contributed by atoms with Crippen LogP contribution in [-0.2, 0) is 9.59 Å². The highest BCUT2D eigenvalue weighted by Crippen LogP contribution is 2.16. The van der Waals surface area contributed by atoms with Gasteiger partial charge in [-0.15, -0.1) is 12.4 Å². The summed E-state index contributed by atoms with van der Waals surface area (Å²) in [5.41, 5.74) is 0. The van der Waals surface area contributed by atoms with E-state index in [4.69, 9.17) is 0 Å². The fraction of sp³-hybridized carbons (Fsp3) is 0.867. The van der Waals surface area contributed by atoms with Gasteiger partial charge in [-0.1, -0.05) is 0 Å². The predicted octanol–water partition coefficient (Wildman–Crippen LogP) is 0.0766. The van der Waals surface area contributed by atoms with Crippen LogP contribution in [0.25, 0.3) is 0 Å². The maximum Gasteiger partial charge on any atom is 0.237 e. The number of carbonyl (C=O) groups excluding carboxylic acids is 2. The topological polar surface area (TPSA) is 64.7 Å². The molecule has 2 unspecified atom stereocenters. The Labute approximate surface area is 139 Å². The van der Waals surface area contributed by atoms with E-state index >= 15 is 0 Å². The van der Waals surface area contributed by atoms with E-state index in [1.54, 1.807) is 0 Å². The Morgan fingerprint density at radius 1 is 1.27 bits per heavy atom. The summed E-state index contributed by atoms with van der Waals surface area (Å²) in [6.07, 6.45) is 4.13.